The molecule has 0 spiro atoms. The number of aromatic nitrogens is 1. The number of hydrogen-bond acceptors (Lipinski definition) is 3. The van der Waals surface area contributed by atoms with Crippen molar-refractivity contribution < 1.29 is 9.90 Å². The van der Waals surface area contributed by atoms with Gasteiger partial charge in [-0.2, -0.15) is 0 Å². The predicted octanol–water partition coefficient (Wildman–Crippen LogP) is 3.68. The van der Waals surface area contributed by atoms with Crippen LogP contribution in [-0.4, -0.2) is 16.1 Å². The maximum atomic E-state index is 11.3. The molecule has 0 unspecified atom stereocenters. The summed E-state index contributed by atoms with van der Waals surface area (Å²) in [5, 5.41) is 10.3. The standard InChI is InChI=1S/C16H17NO2S/c1-2-5-13-14(16(18)19)20-15(17-13)12-8-10-6-3-4-7-11(10)9-12/h3-4,6-7,12H,2,5,8-9H2,1H3,(H,18,19). The van der Waals surface area contributed by atoms with Gasteiger partial charge >= 0.3 is 5.97 Å². The van der Waals surface area contributed by atoms with Gasteiger partial charge < -0.3 is 5.11 Å². The molecule has 2 aromatic rings. The molecule has 104 valence electrons. The SMILES string of the molecule is CCCc1nc(C2Cc3ccccc3C2)sc1C(=O)O. The molecular formula is C16H17NO2S. The Hall–Kier alpha value is -1.68. The summed E-state index contributed by atoms with van der Waals surface area (Å²) in [7, 11) is 0. The van der Waals surface area contributed by atoms with Crippen LogP contribution in [-0.2, 0) is 19.3 Å². The van der Waals surface area contributed by atoms with Gasteiger partial charge in [-0.05, 0) is 30.4 Å². The molecule has 0 fully saturated rings. The van der Waals surface area contributed by atoms with Crippen LogP contribution >= 0.6 is 11.3 Å². The molecule has 3 rings (SSSR count). The Bertz CT molecular complexity index is 623. The number of benzene rings is 1. The highest BCUT2D eigenvalue weighted by molar-refractivity contribution is 7.13. The van der Waals surface area contributed by atoms with Crippen molar-refractivity contribution >= 4 is 17.3 Å². The second-order valence-corrected chi connectivity index (χ2v) is 6.29. The van der Waals surface area contributed by atoms with Crippen LogP contribution in [0.15, 0.2) is 24.3 Å². The molecule has 1 N–H and O–H groups in total. The lowest BCUT2D eigenvalue weighted by Gasteiger charge is -2.03. The van der Waals surface area contributed by atoms with Crippen molar-refractivity contribution in [3.8, 4) is 0 Å². The van der Waals surface area contributed by atoms with E-state index in [1.54, 1.807) is 0 Å². The fraction of sp³-hybridized carbons (Fsp3) is 0.375. The molecule has 1 heterocycles. The van der Waals surface area contributed by atoms with E-state index < -0.39 is 5.97 Å². The first-order chi connectivity index (χ1) is 9.69. The first kappa shape index (κ1) is 13.3. The number of hydrogen-bond donors (Lipinski definition) is 1. The highest BCUT2D eigenvalue weighted by atomic mass is 32.1. The summed E-state index contributed by atoms with van der Waals surface area (Å²) in [6.45, 7) is 2.05. The largest absolute Gasteiger partial charge is 0.477 e. The molecule has 0 saturated carbocycles. The van der Waals surface area contributed by atoms with Gasteiger partial charge in [0, 0.05) is 5.92 Å². The van der Waals surface area contributed by atoms with Crippen LogP contribution in [0.3, 0.4) is 0 Å². The number of carboxylic acid groups (broad SMARTS) is 1. The van der Waals surface area contributed by atoms with Gasteiger partial charge in [0.25, 0.3) is 0 Å². The highest BCUT2D eigenvalue weighted by Gasteiger charge is 2.27. The fourth-order valence-electron chi connectivity index (χ4n) is 2.85. The second kappa shape index (κ2) is 5.37. The Labute approximate surface area is 122 Å². The average Bonchev–Trinajstić information content (AvgIpc) is 3.02. The summed E-state index contributed by atoms with van der Waals surface area (Å²) in [4.78, 5) is 16.4. The summed E-state index contributed by atoms with van der Waals surface area (Å²) in [5.41, 5.74) is 3.51. The zero-order valence-electron chi connectivity index (χ0n) is 11.4. The first-order valence-corrected chi connectivity index (χ1v) is 7.80. The van der Waals surface area contributed by atoms with Crippen LogP contribution in [0.4, 0.5) is 0 Å². The molecular weight excluding hydrogens is 270 g/mol. The molecule has 0 saturated heterocycles. The minimum atomic E-state index is -0.840. The van der Waals surface area contributed by atoms with Gasteiger partial charge in [0.2, 0.25) is 0 Å². The van der Waals surface area contributed by atoms with Gasteiger partial charge in [-0.15, -0.1) is 11.3 Å². The van der Waals surface area contributed by atoms with E-state index >= 15 is 0 Å². The van der Waals surface area contributed by atoms with Gasteiger partial charge in [0.1, 0.15) is 4.88 Å². The molecule has 1 aliphatic rings. The van der Waals surface area contributed by atoms with Crippen LogP contribution in [0.25, 0.3) is 0 Å². The predicted molar refractivity (Wildman–Crippen MR) is 79.7 cm³/mol. The van der Waals surface area contributed by atoms with Crippen LogP contribution in [0.5, 0.6) is 0 Å². The molecule has 1 aromatic heterocycles. The summed E-state index contributed by atoms with van der Waals surface area (Å²) >= 11 is 1.36. The zero-order chi connectivity index (χ0) is 14.1. The van der Waals surface area contributed by atoms with E-state index in [0.29, 0.717) is 10.8 Å². The summed E-state index contributed by atoms with van der Waals surface area (Å²) in [5.74, 6) is -0.492. The van der Waals surface area contributed by atoms with Gasteiger partial charge in [-0.25, -0.2) is 9.78 Å². The molecule has 4 heteroatoms. The zero-order valence-corrected chi connectivity index (χ0v) is 12.2. The average molecular weight is 287 g/mol. The number of fused-ring (bicyclic) bond motifs is 1. The number of aryl methyl sites for hydroxylation is 1. The molecule has 20 heavy (non-hydrogen) atoms. The van der Waals surface area contributed by atoms with Crippen LogP contribution in [0.1, 0.15) is 50.8 Å². The lowest BCUT2D eigenvalue weighted by molar-refractivity contribution is 0.0700. The smallest absolute Gasteiger partial charge is 0.347 e. The van der Waals surface area contributed by atoms with Crippen molar-refractivity contribution in [1.82, 2.24) is 4.98 Å². The Morgan fingerprint density at radius 3 is 2.55 bits per heavy atom. The van der Waals surface area contributed by atoms with E-state index in [1.165, 1.54) is 22.5 Å². The lowest BCUT2D eigenvalue weighted by atomic mass is 10.1. The fourth-order valence-corrected chi connectivity index (χ4v) is 3.90. The molecule has 0 atom stereocenters. The Balaban J connectivity index is 1.89. The first-order valence-electron chi connectivity index (χ1n) is 6.98. The molecule has 1 aliphatic carbocycles. The summed E-state index contributed by atoms with van der Waals surface area (Å²) in [6.07, 6.45) is 3.63. The minimum absolute atomic E-state index is 0.348. The Morgan fingerprint density at radius 2 is 2.00 bits per heavy atom. The van der Waals surface area contributed by atoms with Crippen molar-refractivity contribution in [2.24, 2.45) is 0 Å². The van der Waals surface area contributed by atoms with Crippen LogP contribution < -0.4 is 0 Å². The topological polar surface area (TPSA) is 50.2 Å². The van der Waals surface area contributed by atoms with E-state index in [2.05, 4.69) is 36.2 Å². The van der Waals surface area contributed by atoms with E-state index in [1.807, 2.05) is 0 Å². The maximum Gasteiger partial charge on any atom is 0.347 e. The van der Waals surface area contributed by atoms with Crippen molar-refractivity contribution in [3.05, 3.63) is 51.0 Å². The van der Waals surface area contributed by atoms with Gasteiger partial charge in [-0.3, -0.25) is 0 Å². The molecule has 0 amide bonds. The number of carbonyl (C=O) groups is 1. The lowest BCUT2D eigenvalue weighted by Crippen LogP contribution is -1.99. The normalized spacial score (nSPS) is 14.4. The third-order valence-electron chi connectivity index (χ3n) is 3.80. The molecule has 0 aliphatic heterocycles. The number of rotatable bonds is 4. The quantitative estimate of drug-likeness (QED) is 0.933. The minimum Gasteiger partial charge on any atom is -0.477 e. The van der Waals surface area contributed by atoms with E-state index in [0.717, 1.165) is 36.4 Å². The maximum absolute atomic E-state index is 11.3. The summed E-state index contributed by atoms with van der Waals surface area (Å²) < 4.78 is 0. The van der Waals surface area contributed by atoms with E-state index in [9.17, 15) is 9.90 Å². The van der Waals surface area contributed by atoms with Crippen molar-refractivity contribution in [2.45, 2.75) is 38.5 Å². The molecule has 1 aromatic carbocycles. The van der Waals surface area contributed by atoms with E-state index in [4.69, 9.17) is 0 Å². The van der Waals surface area contributed by atoms with Gasteiger partial charge in [0.15, 0.2) is 0 Å². The monoisotopic (exact) mass is 287 g/mol. The van der Waals surface area contributed by atoms with Gasteiger partial charge in [-0.1, -0.05) is 37.6 Å². The third kappa shape index (κ3) is 2.36. The van der Waals surface area contributed by atoms with E-state index in [-0.39, 0.29) is 0 Å². The van der Waals surface area contributed by atoms with Crippen molar-refractivity contribution in [1.29, 1.82) is 0 Å². The molecule has 3 nitrogen and oxygen atoms in total. The Kier molecular flexibility index (Phi) is 3.57. The second-order valence-electron chi connectivity index (χ2n) is 5.26. The van der Waals surface area contributed by atoms with Crippen molar-refractivity contribution in [3.63, 3.8) is 0 Å². The number of nitrogens with zero attached hydrogens (tertiary/aromatic N) is 1. The number of carboxylic acids is 1. The third-order valence-corrected chi connectivity index (χ3v) is 5.04. The van der Waals surface area contributed by atoms with Crippen LogP contribution in [0, 0.1) is 0 Å². The molecule has 0 radical (unpaired) electrons. The van der Waals surface area contributed by atoms with Crippen molar-refractivity contribution in [2.75, 3.05) is 0 Å². The van der Waals surface area contributed by atoms with Crippen LogP contribution in [0.2, 0.25) is 0 Å². The molecule has 0 bridgehead atoms. The highest BCUT2D eigenvalue weighted by Crippen LogP contribution is 2.36. The number of aromatic carboxylic acids is 1. The Morgan fingerprint density at radius 1 is 1.35 bits per heavy atom. The van der Waals surface area contributed by atoms with Gasteiger partial charge in [0.05, 0.1) is 10.7 Å². The summed E-state index contributed by atoms with van der Waals surface area (Å²) in [6, 6.07) is 8.45. The number of thiazole rings is 1.